The Labute approximate surface area is 153 Å². The topological polar surface area (TPSA) is 48.2 Å². The molecular weight excluding hydrogens is 356 g/mol. The Morgan fingerprint density at radius 1 is 1.12 bits per heavy atom. The summed E-state index contributed by atoms with van der Waals surface area (Å²) in [6.45, 7) is 0. The molecule has 0 saturated heterocycles. The van der Waals surface area contributed by atoms with E-state index in [9.17, 15) is 0 Å². The summed E-state index contributed by atoms with van der Waals surface area (Å²) in [5.74, 6) is 1.34. The van der Waals surface area contributed by atoms with Gasteiger partial charge in [0.15, 0.2) is 5.58 Å². The minimum atomic E-state index is 0.521. The van der Waals surface area contributed by atoms with Crippen molar-refractivity contribution in [3.05, 3.63) is 64.5 Å². The third kappa shape index (κ3) is 3.43. The van der Waals surface area contributed by atoms with Crippen molar-refractivity contribution >= 4 is 46.2 Å². The number of methoxy groups -OCH3 is 1. The molecule has 124 valence electrons. The van der Waals surface area contributed by atoms with Gasteiger partial charge in [0.05, 0.1) is 12.8 Å². The number of rotatable bonds is 4. The van der Waals surface area contributed by atoms with E-state index in [2.05, 4.69) is 9.97 Å². The van der Waals surface area contributed by atoms with Gasteiger partial charge in [0.25, 0.3) is 0 Å². The first kappa shape index (κ1) is 15.9. The average Bonchev–Trinajstić information content (AvgIpc) is 3.26. The van der Waals surface area contributed by atoms with E-state index in [0.717, 1.165) is 27.5 Å². The van der Waals surface area contributed by atoms with E-state index in [0.29, 0.717) is 16.5 Å². The highest BCUT2D eigenvalue weighted by Crippen LogP contribution is 2.27. The maximum atomic E-state index is 5.97. The molecule has 6 heteroatoms. The van der Waals surface area contributed by atoms with Crippen molar-refractivity contribution in [2.45, 2.75) is 0 Å². The molecule has 4 aromatic rings. The van der Waals surface area contributed by atoms with Gasteiger partial charge in [-0.1, -0.05) is 23.7 Å². The number of hydrogen-bond acceptors (Lipinski definition) is 5. The van der Waals surface area contributed by atoms with E-state index in [-0.39, 0.29) is 0 Å². The lowest BCUT2D eigenvalue weighted by Crippen LogP contribution is -1.83. The zero-order valence-corrected chi connectivity index (χ0v) is 14.8. The Hall–Kier alpha value is -2.63. The lowest BCUT2D eigenvalue weighted by atomic mass is 10.2. The van der Waals surface area contributed by atoms with Crippen LogP contribution in [-0.2, 0) is 0 Å². The highest BCUT2D eigenvalue weighted by Gasteiger charge is 2.06. The molecule has 0 amide bonds. The Morgan fingerprint density at radius 3 is 2.92 bits per heavy atom. The number of oxazole rings is 1. The molecule has 0 radical (unpaired) electrons. The van der Waals surface area contributed by atoms with Gasteiger partial charge < -0.3 is 9.15 Å². The molecule has 0 unspecified atom stereocenters. The zero-order chi connectivity index (χ0) is 17.2. The number of nitrogens with zero attached hydrogens (tertiary/aromatic N) is 2. The molecule has 2 heterocycles. The van der Waals surface area contributed by atoms with Gasteiger partial charge in [0, 0.05) is 22.0 Å². The largest absolute Gasteiger partial charge is 0.497 e. The van der Waals surface area contributed by atoms with Crippen LogP contribution in [0.1, 0.15) is 11.6 Å². The predicted molar refractivity (Wildman–Crippen MR) is 102 cm³/mol. The smallest absolute Gasteiger partial charge is 0.220 e. The van der Waals surface area contributed by atoms with Crippen molar-refractivity contribution in [2.75, 3.05) is 7.11 Å². The van der Waals surface area contributed by atoms with Gasteiger partial charge in [-0.25, -0.2) is 9.97 Å². The van der Waals surface area contributed by atoms with E-state index >= 15 is 0 Å². The van der Waals surface area contributed by atoms with Crippen LogP contribution in [0.25, 0.3) is 33.8 Å². The molecule has 0 aliphatic carbocycles. The fraction of sp³-hybridized carbons (Fsp3) is 0.0526. The van der Waals surface area contributed by atoms with Crippen LogP contribution in [0.15, 0.2) is 52.3 Å². The molecule has 0 saturated carbocycles. The lowest BCUT2D eigenvalue weighted by molar-refractivity contribution is 0.415. The minimum Gasteiger partial charge on any atom is -0.497 e. The molecule has 2 aromatic heterocycles. The number of aromatic nitrogens is 2. The molecule has 25 heavy (non-hydrogen) atoms. The standard InChI is InChI=1S/C19H13ClN2O2S/c1-23-15-4-2-3-12(9-15)19-21-14(11-25-19)6-8-18-22-16-10-13(20)5-7-17(16)24-18/h2-11H,1H3/b8-6+. The second-order valence-corrected chi connectivity index (χ2v) is 6.60. The molecule has 0 fully saturated rings. The van der Waals surface area contributed by atoms with Gasteiger partial charge in [0.1, 0.15) is 16.3 Å². The molecule has 0 aliphatic heterocycles. The molecule has 2 aromatic carbocycles. The molecule has 0 bridgehead atoms. The van der Waals surface area contributed by atoms with E-state index in [1.807, 2.05) is 41.8 Å². The third-order valence-corrected chi connectivity index (χ3v) is 4.75. The zero-order valence-electron chi connectivity index (χ0n) is 13.3. The highest BCUT2D eigenvalue weighted by atomic mass is 35.5. The third-order valence-electron chi connectivity index (χ3n) is 3.60. The first-order valence-corrected chi connectivity index (χ1v) is 8.81. The van der Waals surface area contributed by atoms with Crippen molar-refractivity contribution < 1.29 is 9.15 Å². The number of thiazole rings is 1. The van der Waals surface area contributed by atoms with Crippen LogP contribution in [0.3, 0.4) is 0 Å². The monoisotopic (exact) mass is 368 g/mol. The summed E-state index contributed by atoms with van der Waals surface area (Å²) in [7, 11) is 1.66. The number of benzene rings is 2. The highest BCUT2D eigenvalue weighted by molar-refractivity contribution is 7.13. The number of fused-ring (bicyclic) bond motifs is 1. The predicted octanol–water partition coefficient (Wildman–Crippen LogP) is 5.78. The Morgan fingerprint density at radius 2 is 2.04 bits per heavy atom. The number of hydrogen-bond donors (Lipinski definition) is 0. The molecule has 0 spiro atoms. The molecule has 0 atom stereocenters. The van der Waals surface area contributed by atoms with E-state index in [1.165, 1.54) is 0 Å². The first-order chi connectivity index (χ1) is 12.2. The molecule has 0 aliphatic rings. The second-order valence-electron chi connectivity index (χ2n) is 5.31. The summed E-state index contributed by atoms with van der Waals surface area (Å²) in [5.41, 5.74) is 3.32. The Bertz CT molecular complexity index is 1070. The quantitative estimate of drug-likeness (QED) is 0.458. The van der Waals surface area contributed by atoms with Gasteiger partial charge in [0.2, 0.25) is 5.89 Å². The minimum absolute atomic E-state index is 0.521. The van der Waals surface area contributed by atoms with Crippen molar-refractivity contribution in [1.82, 2.24) is 9.97 Å². The summed E-state index contributed by atoms with van der Waals surface area (Å²) in [4.78, 5) is 9.02. The van der Waals surface area contributed by atoms with Crippen molar-refractivity contribution in [2.24, 2.45) is 0 Å². The van der Waals surface area contributed by atoms with Crippen LogP contribution in [0.2, 0.25) is 5.02 Å². The van der Waals surface area contributed by atoms with Gasteiger partial charge in [-0.3, -0.25) is 0 Å². The van der Waals surface area contributed by atoms with E-state index in [1.54, 1.807) is 36.7 Å². The molecule has 4 rings (SSSR count). The lowest BCUT2D eigenvalue weighted by Gasteiger charge is -2.00. The van der Waals surface area contributed by atoms with Crippen molar-refractivity contribution in [3.63, 3.8) is 0 Å². The van der Waals surface area contributed by atoms with Crippen LogP contribution in [0, 0.1) is 0 Å². The SMILES string of the molecule is COc1cccc(-c2nc(/C=C/c3nc4cc(Cl)ccc4o3)cs2)c1. The molecular formula is C19H13ClN2O2S. The van der Waals surface area contributed by atoms with Crippen LogP contribution in [0.4, 0.5) is 0 Å². The Kier molecular flexibility index (Phi) is 4.26. The summed E-state index contributed by atoms with van der Waals surface area (Å²) in [6.07, 6.45) is 3.69. The summed E-state index contributed by atoms with van der Waals surface area (Å²) in [6, 6.07) is 13.2. The van der Waals surface area contributed by atoms with Crippen LogP contribution in [0.5, 0.6) is 5.75 Å². The maximum absolute atomic E-state index is 5.97. The first-order valence-electron chi connectivity index (χ1n) is 7.55. The van der Waals surface area contributed by atoms with Gasteiger partial charge in [-0.15, -0.1) is 11.3 Å². The number of halogens is 1. The summed E-state index contributed by atoms with van der Waals surface area (Å²) >= 11 is 7.54. The fourth-order valence-corrected chi connectivity index (χ4v) is 3.35. The number of ether oxygens (including phenoxy) is 1. The van der Waals surface area contributed by atoms with Gasteiger partial charge in [-0.05, 0) is 36.4 Å². The van der Waals surface area contributed by atoms with E-state index < -0.39 is 0 Å². The molecule has 0 N–H and O–H groups in total. The fourth-order valence-electron chi connectivity index (χ4n) is 2.40. The summed E-state index contributed by atoms with van der Waals surface area (Å²) in [5, 5.41) is 3.56. The van der Waals surface area contributed by atoms with Crippen LogP contribution < -0.4 is 4.74 Å². The summed E-state index contributed by atoms with van der Waals surface area (Å²) < 4.78 is 10.9. The van der Waals surface area contributed by atoms with Gasteiger partial charge >= 0.3 is 0 Å². The normalized spacial score (nSPS) is 11.4. The van der Waals surface area contributed by atoms with E-state index in [4.69, 9.17) is 20.8 Å². The Balaban J connectivity index is 1.58. The average molecular weight is 369 g/mol. The van der Waals surface area contributed by atoms with Crippen molar-refractivity contribution in [1.29, 1.82) is 0 Å². The van der Waals surface area contributed by atoms with Crippen LogP contribution in [-0.4, -0.2) is 17.1 Å². The van der Waals surface area contributed by atoms with Crippen LogP contribution >= 0.6 is 22.9 Å². The maximum Gasteiger partial charge on any atom is 0.220 e. The molecule has 4 nitrogen and oxygen atoms in total. The van der Waals surface area contributed by atoms with Crippen molar-refractivity contribution in [3.8, 4) is 16.3 Å². The second kappa shape index (κ2) is 6.70. The van der Waals surface area contributed by atoms with Gasteiger partial charge in [-0.2, -0.15) is 0 Å².